The number of unbranched alkanes of at least 4 members (excludes halogenated alkanes) is 1. The fraction of sp³-hybridized carbons (Fsp3) is 0.481. The van der Waals surface area contributed by atoms with E-state index in [0.29, 0.717) is 44.2 Å². The highest BCUT2D eigenvalue weighted by Gasteiger charge is 2.33. The first kappa shape index (κ1) is 26.9. The molecule has 3 heterocycles. The number of benzene rings is 1. The number of hydrogen-bond donors (Lipinski definition) is 0. The summed E-state index contributed by atoms with van der Waals surface area (Å²) in [5.74, 6) is 0.166. The minimum absolute atomic E-state index is 0.0337. The number of ether oxygens (including phenoxy) is 4. The molecule has 0 amide bonds. The van der Waals surface area contributed by atoms with Gasteiger partial charge in [-0.25, -0.2) is 4.98 Å². The van der Waals surface area contributed by atoms with E-state index in [1.165, 1.54) is 19.2 Å². The van der Waals surface area contributed by atoms with E-state index >= 15 is 0 Å². The molecule has 0 bridgehead atoms. The van der Waals surface area contributed by atoms with Crippen LogP contribution in [0, 0.1) is 13.8 Å². The monoisotopic (exact) mass is 519 g/mol. The highest BCUT2D eigenvalue weighted by Crippen LogP contribution is 2.38. The Morgan fingerprint density at radius 1 is 1.05 bits per heavy atom. The summed E-state index contributed by atoms with van der Waals surface area (Å²) in [6.45, 7) is 8.09. The molecule has 7 nitrogen and oxygen atoms in total. The summed E-state index contributed by atoms with van der Waals surface area (Å²) in [4.78, 5) is 9.48. The lowest BCUT2D eigenvalue weighted by molar-refractivity contribution is -0.275. The summed E-state index contributed by atoms with van der Waals surface area (Å²) in [6, 6.07) is 8.30. The van der Waals surface area contributed by atoms with Crippen molar-refractivity contribution in [2.24, 2.45) is 0 Å². The Bertz CT molecular complexity index is 1210. The van der Waals surface area contributed by atoms with Crippen molar-refractivity contribution >= 4 is 0 Å². The van der Waals surface area contributed by atoms with Crippen LogP contribution < -0.4 is 9.47 Å². The fourth-order valence-electron chi connectivity index (χ4n) is 4.52. The summed E-state index contributed by atoms with van der Waals surface area (Å²) >= 11 is 0. The summed E-state index contributed by atoms with van der Waals surface area (Å²) < 4.78 is 62.0. The molecule has 0 N–H and O–H groups in total. The maximum Gasteiger partial charge on any atom is 0.573 e. The molecule has 0 unspecified atom stereocenters. The maximum absolute atomic E-state index is 12.9. The van der Waals surface area contributed by atoms with Gasteiger partial charge in [-0.15, -0.1) is 13.2 Å². The summed E-state index contributed by atoms with van der Waals surface area (Å²) in [7, 11) is 1.31. The fourth-order valence-corrected chi connectivity index (χ4v) is 4.52. The Morgan fingerprint density at radius 3 is 2.49 bits per heavy atom. The zero-order chi connectivity index (χ0) is 26.6. The van der Waals surface area contributed by atoms with Crippen LogP contribution >= 0.6 is 0 Å². The first-order valence-corrected chi connectivity index (χ1v) is 12.4. The van der Waals surface area contributed by atoms with Crippen molar-refractivity contribution in [1.29, 1.82) is 0 Å². The Balaban J connectivity index is 1.78. The number of nitrogens with zero attached hydrogens (tertiary/aromatic N) is 3. The van der Waals surface area contributed by atoms with Crippen molar-refractivity contribution in [1.82, 2.24) is 14.5 Å². The molecule has 200 valence electrons. The minimum atomic E-state index is -4.83. The van der Waals surface area contributed by atoms with Crippen LogP contribution in [-0.2, 0) is 22.4 Å². The van der Waals surface area contributed by atoms with Gasteiger partial charge in [-0.3, -0.25) is 4.98 Å². The van der Waals surface area contributed by atoms with E-state index in [1.807, 2.05) is 26.0 Å². The molecule has 2 aromatic heterocycles. The quantitative estimate of drug-likeness (QED) is 0.328. The van der Waals surface area contributed by atoms with E-state index in [0.717, 1.165) is 41.2 Å². The second-order valence-electron chi connectivity index (χ2n) is 9.06. The highest BCUT2D eigenvalue weighted by molar-refractivity contribution is 5.70. The lowest BCUT2D eigenvalue weighted by atomic mass is 10.1. The van der Waals surface area contributed by atoms with E-state index in [2.05, 4.69) is 21.2 Å². The van der Waals surface area contributed by atoms with E-state index in [1.54, 1.807) is 6.07 Å². The van der Waals surface area contributed by atoms with Crippen molar-refractivity contribution < 1.29 is 32.1 Å². The molecule has 0 saturated heterocycles. The molecule has 1 aromatic carbocycles. The molecule has 0 spiro atoms. The molecule has 3 aromatic rings. The van der Waals surface area contributed by atoms with Crippen molar-refractivity contribution in [3.63, 3.8) is 0 Å². The summed E-state index contributed by atoms with van der Waals surface area (Å²) in [5.41, 5.74) is 5.08. The third-order valence-corrected chi connectivity index (χ3v) is 6.10. The summed E-state index contributed by atoms with van der Waals surface area (Å²) in [6.07, 6.45) is -2.36. The lowest BCUT2D eigenvalue weighted by Crippen LogP contribution is -2.25. The van der Waals surface area contributed by atoms with Crippen LogP contribution in [0.15, 0.2) is 30.3 Å². The number of aryl methyl sites for hydroxylation is 2. The second-order valence-corrected chi connectivity index (χ2v) is 9.06. The van der Waals surface area contributed by atoms with Gasteiger partial charge in [0.05, 0.1) is 38.7 Å². The smallest absolute Gasteiger partial charge is 0.493 e. The van der Waals surface area contributed by atoms with Crippen LogP contribution in [0.3, 0.4) is 0 Å². The van der Waals surface area contributed by atoms with Gasteiger partial charge in [0.2, 0.25) is 0 Å². The third-order valence-electron chi connectivity index (χ3n) is 6.10. The molecule has 1 aliphatic rings. The third kappa shape index (κ3) is 6.61. The van der Waals surface area contributed by atoms with E-state index in [-0.39, 0.29) is 11.9 Å². The Labute approximate surface area is 214 Å². The zero-order valence-corrected chi connectivity index (χ0v) is 21.5. The Kier molecular flexibility index (Phi) is 8.39. The molecular weight excluding hydrogens is 487 g/mol. The topological polar surface area (TPSA) is 67.6 Å². The minimum Gasteiger partial charge on any atom is -0.493 e. The van der Waals surface area contributed by atoms with Gasteiger partial charge in [0.15, 0.2) is 11.5 Å². The van der Waals surface area contributed by atoms with Gasteiger partial charge in [-0.1, -0.05) is 13.3 Å². The Hall–Kier alpha value is -3.11. The maximum atomic E-state index is 12.9. The van der Waals surface area contributed by atoms with Crippen LogP contribution in [0.1, 0.15) is 36.8 Å². The van der Waals surface area contributed by atoms with Gasteiger partial charge in [-0.05, 0) is 50.6 Å². The van der Waals surface area contributed by atoms with Gasteiger partial charge in [0.25, 0.3) is 0 Å². The predicted octanol–water partition coefficient (Wildman–Crippen LogP) is 5.89. The largest absolute Gasteiger partial charge is 0.573 e. The number of hydrogen-bond acceptors (Lipinski definition) is 6. The average Bonchev–Trinajstić information content (AvgIpc) is 3.05. The van der Waals surface area contributed by atoms with Crippen molar-refractivity contribution in [3.05, 3.63) is 47.4 Å². The predicted molar refractivity (Wildman–Crippen MR) is 133 cm³/mol. The van der Waals surface area contributed by atoms with E-state index in [9.17, 15) is 13.2 Å². The molecule has 0 radical (unpaired) electrons. The molecule has 1 atom stereocenters. The van der Waals surface area contributed by atoms with Crippen LogP contribution in [0.5, 0.6) is 11.5 Å². The highest BCUT2D eigenvalue weighted by atomic mass is 19.4. The second kappa shape index (κ2) is 11.5. The lowest BCUT2D eigenvalue weighted by Gasteiger charge is -2.18. The van der Waals surface area contributed by atoms with E-state index < -0.39 is 12.1 Å². The number of methoxy groups -OCH3 is 1. The molecule has 4 rings (SSSR count). The molecule has 37 heavy (non-hydrogen) atoms. The molecule has 1 aliphatic heterocycles. The zero-order valence-electron chi connectivity index (χ0n) is 21.5. The first-order valence-electron chi connectivity index (χ1n) is 12.4. The van der Waals surface area contributed by atoms with Gasteiger partial charge < -0.3 is 23.5 Å². The number of pyridine rings is 1. The number of aromatic nitrogens is 3. The Morgan fingerprint density at radius 2 is 1.81 bits per heavy atom. The number of alkyl halides is 3. The van der Waals surface area contributed by atoms with Gasteiger partial charge in [0.1, 0.15) is 5.82 Å². The van der Waals surface area contributed by atoms with Gasteiger partial charge >= 0.3 is 6.36 Å². The number of halogens is 3. The van der Waals surface area contributed by atoms with E-state index in [4.69, 9.17) is 19.2 Å². The van der Waals surface area contributed by atoms with Crippen molar-refractivity contribution in [3.8, 4) is 34.1 Å². The first-order chi connectivity index (χ1) is 17.7. The van der Waals surface area contributed by atoms with Crippen LogP contribution in [0.4, 0.5) is 13.2 Å². The SMILES string of the molecule is CCCCOC[C@@H]1Cn2c(-c3ccc(OC(F)(F)F)c(OC)c3)nc(-c3cc(C)nc(C)c3)c2CCO1. The molecule has 0 fully saturated rings. The van der Waals surface area contributed by atoms with Crippen LogP contribution in [0.25, 0.3) is 22.6 Å². The van der Waals surface area contributed by atoms with Gasteiger partial charge in [-0.2, -0.15) is 0 Å². The van der Waals surface area contributed by atoms with Crippen molar-refractivity contribution in [2.75, 3.05) is 26.9 Å². The molecule has 10 heteroatoms. The number of fused-ring (bicyclic) bond motifs is 1. The summed E-state index contributed by atoms with van der Waals surface area (Å²) in [5, 5.41) is 0. The average molecular weight is 520 g/mol. The number of rotatable bonds is 9. The molecular formula is C27H32F3N3O4. The number of imidazole rings is 1. The van der Waals surface area contributed by atoms with Crippen LogP contribution in [-0.4, -0.2) is 53.9 Å². The molecule has 0 saturated carbocycles. The normalized spacial score (nSPS) is 15.8. The van der Waals surface area contributed by atoms with Crippen LogP contribution in [0.2, 0.25) is 0 Å². The van der Waals surface area contributed by atoms with Crippen molar-refractivity contribution in [2.45, 2.75) is 59.0 Å². The molecule has 0 aliphatic carbocycles. The standard InChI is InChI=1S/C27H32F3N3O4/c1-5-6-10-35-16-21-15-33-22(9-11-36-21)25(20-12-17(2)31-18(3)13-20)32-26(33)19-7-8-23(24(14-19)34-4)37-27(28,29)30/h7-8,12-14,21H,5-6,9-11,15-16H2,1-4H3/t21-/m0/s1. The van der Waals surface area contributed by atoms with Gasteiger partial charge in [0, 0.05) is 41.2 Å².